The van der Waals surface area contributed by atoms with Crippen LogP contribution in [-0.2, 0) is 4.79 Å². The molecule has 2 amide bonds. The lowest BCUT2D eigenvalue weighted by molar-refractivity contribution is -0.127. The molecule has 2 aromatic rings. The van der Waals surface area contributed by atoms with E-state index in [0.29, 0.717) is 22.6 Å². The molecule has 0 bridgehead atoms. The number of hydrogen-bond acceptors (Lipinski definition) is 4. The second kappa shape index (κ2) is 6.41. The Bertz CT molecular complexity index is 928. The minimum Gasteiger partial charge on any atom is -0.369 e. The van der Waals surface area contributed by atoms with E-state index in [1.54, 1.807) is 17.0 Å². The van der Waals surface area contributed by atoms with E-state index in [0.717, 1.165) is 24.3 Å². The summed E-state index contributed by atoms with van der Waals surface area (Å²) in [6.07, 6.45) is 2.99. The summed E-state index contributed by atoms with van der Waals surface area (Å²) < 4.78 is 13.7. The number of nitrogens with zero attached hydrogens (tertiary/aromatic N) is 2. The summed E-state index contributed by atoms with van der Waals surface area (Å²) in [4.78, 5) is 32.6. The number of nitrogens with two attached hydrogens (primary N) is 1. The van der Waals surface area contributed by atoms with E-state index in [2.05, 4.69) is 4.98 Å². The van der Waals surface area contributed by atoms with Crippen LogP contribution in [0, 0.1) is 18.2 Å². The minimum atomic E-state index is -0.626. The van der Waals surface area contributed by atoms with Gasteiger partial charge in [0.15, 0.2) is 0 Å². The van der Waals surface area contributed by atoms with Gasteiger partial charge in [-0.2, -0.15) is 0 Å². The van der Waals surface area contributed by atoms with Crippen LogP contribution in [0.2, 0.25) is 0 Å². The predicted molar refractivity (Wildman–Crippen MR) is 102 cm³/mol. The van der Waals surface area contributed by atoms with Crippen molar-refractivity contribution in [2.24, 2.45) is 11.1 Å². The number of fused-ring (bicyclic) bond motifs is 1. The maximum atomic E-state index is 13.7. The Labute approximate surface area is 161 Å². The van der Waals surface area contributed by atoms with Gasteiger partial charge in [-0.15, -0.1) is 11.3 Å². The van der Waals surface area contributed by atoms with Crippen molar-refractivity contribution in [1.82, 2.24) is 9.88 Å². The third-order valence-electron chi connectivity index (χ3n) is 5.96. The second-order valence-electron chi connectivity index (χ2n) is 7.61. The molecule has 1 aromatic carbocycles. The van der Waals surface area contributed by atoms with E-state index in [4.69, 9.17) is 5.73 Å². The summed E-state index contributed by atoms with van der Waals surface area (Å²) in [6, 6.07) is 5.93. The van der Waals surface area contributed by atoms with Gasteiger partial charge in [0.05, 0.1) is 15.3 Å². The Morgan fingerprint density at radius 1 is 1.41 bits per heavy atom. The van der Waals surface area contributed by atoms with Crippen molar-refractivity contribution in [3.63, 3.8) is 0 Å². The highest BCUT2D eigenvalue weighted by molar-refractivity contribution is 7.15. The SMILES string of the molecule is Cc1nc(C(=O)N2[C@H]3CCC[C@]3(C(N)=O)C[C@@H]2C)c(-c2cccc(F)c2)s1. The number of rotatable bonds is 3. The monoisotopic (exact) mass is 387 g/mol. The number of benzene rings is 1. The van der Waals surface area contributed by atoms with Gasteiger partial charge in [-0.05, 0) is 50.8 Å². The van der Waals surface area contributed by atoms with Gasteiger partial charge >= 0.3 is 0 Å². The van der Waals surface area contributed by atoms with Crippen molar-refractivity contribution >= 4 is 23.2 Å². The summed E-state index contributed by atoms with van der Waals surface area (Å²) in [6.45, 7) is 3.79. The average molecular weight is 387 g/mol. The van der Waals surface area contributed by atoms with Gasteiger partial charge in [0.1, 0.15) is 11.5 Å². The fourth-order valence-electron chi connectivity index (χ4n) is 4.88. The Kier molecular flexibility index (Phi) is 4.29. The van der Waals surface area contributed by atoms with Crippen LogP contribution < -0.4 is 5.73 Å². The predicted octanol–water partition coefficient (Wildman–Crippen LogP) is 3.52. The van der Waals surface area contributed by atoms with E-state index in [1.165, 1.54) is 23.5 Å². The Morgan fingerprint density at radius 2 is 2.19 bits per heavy atom. The van der Waals surface area contributed by atoms with Crippen molar-refractivity contribution in [2.75, 3.05) is 0 Å². The summed E-state index contributed by atoms with van der Waals surface area (Å²) in [5, 5.41) is 0.747. The van der Waals surface area contributed by atoms with Gasteiger partial charge in [-0.25, -0.2) is 9.37 Å². The Morgan fingerprint density at radius 3 is 2.89 bits per heavy atom. The van der Waals surface area contributed by atoms with Crippen LogP contribution >= 0.6 is 11.3 Å². The summed E-state index contributed by atoms with van der Waals surface area (Å²) in [7, 11) is 0. The van der Waals surface area contributed by atoms with Crippen molar-refractivity contribution in [3.05, 3.63) is 40.8 Å². The third-order valence-corrected chi connectivity index (χ3v) is 6.98. The van der Waals surface area contributed by atoms with Gasteiger partial charge in [0.25, 0.3) is 5.91 Å². The molecule has 1 aliphatic heterocycles. The average Bonchev–Trinajstić information content (AvgIpc) is 3.26. The van der Waals surface area contributed by atoms with Crippen LogP contribution in [-0.4, -0.2) is 33.8 Å². The lowest BCUT2D eigenvalue weighted by Gasteiger charge is -2.30. The standard InChI is InChI=1S/C20H22FN3O2S/c1-11-10-20(19(22)26)8-4-7-15(20)24(11)18(25)16-17(27-12(2)23-16)13-5-3-6-14(21)9-13/h3,5-6,9,11,15H,4,7-8,10H2,1-2H3,(H2,22,26)/t11-,15-,20-/m0/s1. The van der Waals surface area contributed by atoms with E-state index in [-0.39, 0.29) is 29.7 Å². The quantitative estimate of drug-likeness (QED) is 0.875. The first kappa shape index (κ1) is 18.1. The van der Waals surface area contributed by atoms with Gasteiger partial charge in [0, 0.05) is 12.1 Å². The van der Waals surface area contributed by atoms with Gasteiger partial charge < -0.3 is 10.6 Å². The molecule has 1 aromatic heterocycles. The Hall–Kier alpha value is -2.28. The van der Waals surface area contributed by atoms with Crippen molar-refractivity contribution in [1.29, 1.82) is 0 Å². The number of thiazole rings is 1. The first-order valence-electron chi connectivity index (χ1n) is 9.19. The van der Waals surface area contributed by atoms with E-state index < -0.39 is 5.41 Å². The van der Waals surface area contributed by atoms with Crippen LogP contribution in [0.5, 0.6) is 0 Å². The lowest BCUT2D eigenvalue weighted by atomic mass is 9.80. The molecular weight excluding hydrogens is 365 g/mol. The molecule has 1 aliphatic carbocycles. The normalized spacial score (nSPS) is 27.0. The first-order chi connectivity index (χ1) is 12.8. The molecule has 142 valence electrons. The van der Waals surface area contributed by atoms with Crippen LogP contribution in [0.4, 0.5) is 4.39 Å². The molecule has 2 aliphatic rings. The number of carbonyl (C=O) groups is 2. The molecule has 0 spiro atoms. The molecule has 0 radical (unpaired) electrons. The lowest BCUT2D eigenvalue weighted by Crippen LogP contribution is -2.46. The number of hydrogen-bond donors (Lipinski definition) is 1. The molecule has 0 unspecified atom stereocenters. The van der Waals surface area contributed by atoms with E-state index >= 15 is 0 Å². The minimum absolute atomic E-state index is 0.0855. The largest absolute Gasteiger partial charge is 0.369 e. The van der Waals surface area contributed by atoms with Gasteiger partial charge in [0.2, 0.25) is 5.91 Å². The molecule has 2 fully saturated rings. The fourth-order valence-corrected chi connectivity index (χ4v) is 5.79. The smallest absolute Gasteiger partial charge is 0.274 e. The molecule has 2 N–H and O–H groups in total. The molecular formula is C20H22FN3O2S. The van der Waals surface area contributed by atoms with Crippen LogP contribution in [0.3, 0.4) is 0 Å². The molecule has 4 rings (SSSR count). The number of carbonyl (C=O) groups excluding carboxylic acids is 2. The van der Waals surface area contributed by atoms with Crippen molar-refractivity contribution in [2.45, 2.75) is 51.6 Å². The first-order valence-corrected chi connectivity index (χ1v) is 10.0. The van der Waals surface area contributed by atoms with Gasteiger partial charge in [-0.1, -0.05) is 18.6 Å². The van der Waals surface area contributed by atoms with E-state index in [1.807, 2.05) is 13.8 Å². The van der Waals surface area contributed by atoms with Crippen molar-refractivity contribution < 1.29 is 14.0 Å². The third kappa shape index (κ3) is 2.76. The number of aromatic nitrogens is 1. The summed E-state index contributed by atoms with van der Waals surface area (Å²) >= 11 is 1.38. The highest BCUT2D eigenvalue weighted by atomic mass is 32.1. The van der Waals surface area contributed by atoms with Crippen LogP contribution in [0.1, 0.15) is 48.1 Å². The molecule has 27 heavy (non-hydrogen) atoms. The highest BCUT2D eigenvalue weighted by Crippen LogP contribution is 2.51. The zero-order chi connectivity index (χ0) is 19.3. The molecule has 3 atom stereocenters. The molecule has 2 heterocycles. The summed E-state index contributed by atoms with van der Waals surface area (Å²) in [5.41, 5.74) is 6.10. The van der Waals surface area contributed by atoms with Crippen LogP contribution in [0.25, 0.3) is 10.4 Å². The highest BCUT2D eigenvalue weighted by Gasteiger charge is 2.58. The van der Waals surface area contributed by atoms with E-state index in [9.17, 15) is 14.0 Å². The topological polar surface area (TPSA) is 76.3 Å². The van der Waals surface area contributed by atoms with Gasteiger partial charge in [-0.3, -0.25) is 9.59 Å². The number of primary amides is 1. The summed E-state index contributed by atoms with van der Waals surface area (Å²) in [5.74, 6) is -0.858. The maximum absolute atomic E-state index is 13.7. The number of aryl methyl sites for hydroxylation is 1. The number of likely N-dealkylation sites (tertiary alicyclic amines) is 1. The molecule has 7 heteroatoms. The maximum Gasteiger partial charge on any atom is 0.274 e. The fraction of sp³-hybridized carbons (Fsp3) is 0.450. The van der Waals surface area contributed by atoms with Crippen LogP contribution in [0.15, 0.2) is 24.3 Å². The zero-order valence-corrected chi connectivity index (χ0v) is 16.2. The Balaban J connectivity index is 1.75. The number of amides is 2. The number of halogens is 1. The van der Waals surface area contributed by atoms with Crippen molar-refractivity contribution in [3.8, 4) is 10.4 Å². The molecule has 5 nitrogen and oxygen atoms in total. The molecule has 1 saturated heterocycles. The second-order valence-corrected chi connectivity index (χ2v) is 8.82. The zero-order valence-electron chi connectivity index (χ0n) is 15.4. The molecule has 1 saturated carbocycles.